The van der Waals surface area contributed by atoms with Gasteiger partial charge in [-0.2, -0.15) is 0 Å². The first-order valence-electron chi connectivity index (χ1n) is 6.72. The third-order valence-electron chi connectivity index (χ3n) is 3.62. The van der Waals surface area contributed by atoms with Crippen LogP contribution in [-0.4, -0.2) is 14.2 Å². The summed E-state index contributed by atoms with van der Waals surface area (Å²) >= 11 is 0. The van der Waals surface area contributed by atoms with Crippen LogP contribution in [0, 0.1) is 0 Å². The summed E-state index contributed by atoms with van der Waals surface area (Å²) in [6, 6.07) is 16.7. The Morgan fingerprint density at radius 2 is 1.60 bits per heavy atom. The summed E-state index contributed by atoms with van der Waals surface area (Å²) < 4.78 is 24.9. The molecule has 0 N–H and O–H groups in total. The fourth-order valence-electron chi connectivity index (χ4n) is 2.62. The van der Waals surface area contributed by atoms with Gasteiger partial charge in [-0.3, -0.25) is 0 Å². The molecule has 1 aliphatic carbocycles. The van der Waals surface area contributed by atoms with E-state index in [1.54, 1.807) is 24.3 Å². The molecule has 0 fully saturated rings. The summed E-state index contributed by atoms with van der Waals surface area (Å²) in [5, 5.41) is 0. The first kappa shape index (κ1) is 13.1. The van der Waals surface area contributed by atoms with Crippen molar-refractivity contribution in [1.29, 1.82) is 0 Å². The largest absolute Gasteiger partial charge is 0.223 e. The van der Waals surface area contributed by atoms with Crippen LogP contribution in [0.1, 0.15) is 17.5 Å². The molecular weight excluding hydrogens is 268 g/mol. The lowest BCUT2D eigenvalue weighted by atomic mass is 9.92. The minimum absolute atomic E-state index is 0.0774. The fourth-order valence-corrected chi connectivity index (χ4v) is 4.04. The van der Waals surface area contributed by atoms with Gasteiger partial charge in [0.25, 0.3) is 0 Å². The molecule has 3 heteroatoms. The van der Waals surface area contributed by atoms with Crippen LogP contribution in [0.25, 0.3) is 5.57 Å². The summed E-state index contributed by atoms with van der Waals surface area (Å²) in [6.45, 7) is 0. The van der Waals surface area contributed by atoms with Gasteiger partial charge in [0.05, 0.1) is 10.6 Å². The van der Waals surface area contributed by atoms with Gasteiger partial charge >= 0.3 is 0 Å². The lowest BCUT2D eigenvalue weighted by Crippen LogP contribution is -2.11. The van der Waals surface area contributed by atoms with E-state index in [-0.39, 0.29) is 5.75 Å². The van der Waals surface area contributed by atoms with Crippen molar-refractivity contribution in [3.05, 3.63) is 71.8 Å². The maximum absolute atomic E-state index is 12.5. The van der Waals surface area contributed by atoms with Crippen molar-refractivity contribution in [2.24, 2.45) is 0 Å². The highest BCUT2D eigenvalue weighted by Gasteiger charge is 2.20. The van der Waals surface area contributed by atoms with Crippen LogP contribution in [0.2, 0.25) is 0 Å². The second kappa shape index (κ2) is 5.25. The molecule has 2 aromatic carbocycles. The van der Waals surface area contributed by atoms with Crippen LogP contribution >= 0.6 is 0 Å². The SMILES string of the molecule is O=S(=O)(CC1=CCCc2ccccc21)c1ccccc1. The molecule has 1 aliphatic rings. The quantitative estimate of drug-likeness (QED) is 0.864. The summed E-state index contributed by atoms with van der Waals surface area (Å²) in [7, 11) is -3.27. The molecular formula is C17H16O2S. The molecule has 0 heterocycles. The molecule has 0 unspecified atom stereocenters. The van der Waals surface area contributed by atoms with Crippen molar-refractivity contribution in [2.75, 3.05) is 5.75 Å². The van der Waals surface area contributed by atoms with Gasteiger partial charge in [-0.25, -0.2) is 8.42 Å². The molecule has 0 saturated heterocycles. The molecule has 20 heavy (non-hydrogen) atoms. The number of hydrogen-bond donors (Lipinski definition) is 0. The second-order valence-electron chi connectivity index (χ2n) is 5.00. The van der Waals surface area contributed by atoms with Gasteiger partial charge < -0.3 is 0 Å². The predicted molar refractivity (Wildman–Crippen MR) is 81.2 cm³/mol. The number of aryl methyl sites for hydroxylation is 1. The summed E-state index contributed by atoms with van der Waals surface area (Å²) in [5.74, 6) is 0.0774. The average molecular weight is 284 g/mol. The number of allylic oxidation sites excluding steroid dienone is 1. The molecule has 0 radical (unpaired) electrons. The van der Waals surface area contributed by atoms with Crippen LogP contribution in [0.4, 0.5) is 0 Å². The minimum Gasteiger partial charge on any atom is -0.223 e. The molecule has 2 aromatic rings. The average Bonchev–Trinajstić information content (AvgIpc) is 2.48. The molecule has 0 bridgehead atoms. The van der Waals surface area contributed by atoms with Crippen LogP contribution in [0.15, 0.2) is 65.6 Å². The number of hydrogen-bond acceptors (Lipinski definition) is 2. The van der Waals surface area contributed by atoms with E-state index in [9.17, 15) is 8.42 Å². The third-order valence-corrected chi connectivity index (χ3v) is 5.30. The van der Waals surface area contributed by atoms with Gasteiger partial charge in [0, 0.05) is 0 Å². The topological polar surface area (TPSA) is 34.1 Å². The highest BCUT2D eigenvalue weighted by atomic mass is 32.2. The van der Waals surface area contributed by atoms with Gasteiger partial charge in [0.2, 0.25) is 0 Å². The maximum Gasteiger partial charge on any atom is 0.182 e. The number of sulfone groups is 1. The molecule has 0 atom stereocenters. The van der Waals surface area contributed by atoms with Crippen molar-refractivity contribution in [1.82, 2.24) is 0 Å². The lowest BCUT2D eigenvalue weighted by Gasteiger charge is -2.17. The molecule has 0 spiro atoms. The molecule has 3 rings (SSSR count). The van der Waals surface area contributed by atoms with Gasteiger partial charge in [-0.05, 0) is 41.7 Å². The number of benzene rings is 2. The van der Waals surface area contributed by atoms with Crippen LogP contribution < -0.4 is 0 Å². The maximum atomic E-state index is 12.5. The normalized spacial score (nSPS) is 14.5. The van der Waals surface area contributed by atoms with Crippen molar-refractivity contribution in [3.8, 4) is 0 Å². The summed E-state index contributed by atoms with van der Waals surface area (Å²) in [5.41, 5.74) is 3.25. The van der Waals surface area contributed by atoms with E-state index in [1.165, 1.54) is 5.56 Å². The fraction of sp³-hybridized carbons (Fsp3) is 0.176. The first-order chi connectivity index (χ1) is 9.67. The molecule has 0 aliphatic heterocycles. The van der Waals surface area contributed by atoms with Crippen LogP contribution in [0.3, 0.4) is 0 Å². The third kappa shape index (κ3) is 2.54. The molecule has 0 amide bonds. The van der Waals surface area contributed by atoms with Crippen molar-refractivity contribution < 1.29 is 8.42 Å². The molecule has 102 valence electrons. The van der Waals surface area contributed by atoms with Crippen LogP contribution in [0.5, 0.6) is 0 Å². The number of fused-ring (bicyclic) bond motifs is 1. The Morgan fingerprint density at radius 1 is 0.900 bits per heavy atom. The zero-order valence-electron chi connectivity index (χ0n) is 11.1. The van der Waals surface area contributed by atoms with E-state index in [4.69, 9.17) is 0 Å². The minimum atomic E-state index is -3.27. The summed E-state index contributed by atoms with van der Waals surface area (Å²) in [6.07, 6.45) is 3.96. The smallest absolute Gasteiger partial charge is 0.182 e. The summed E-state index contributed by atoms with van der Waals surface area (Å²) in [4.78, 5) is 0.393. The lowest BCUT2D eigenvalue weighted by molar-refractivity contribution is 0.599. The monoisotopic (exact) mass is 284 g/mol. The van der Waals surface area contributed by atoms with E-state index in [1.807, 2.05) is 24.3 Å². The predicted octanol–water partition coefficient (Wildman–Crippen LogP) is 3.49. The standard InChI is InChI=1S/C17H16O2S/c18-20(19,16-10-2-1-3-11-16)13-15-9-6-8-14-7-4-5-12-17(14)15/h1-5,7,9-12H,6,8,13H2. The van der Waals surface area contributed by atoms with Gasteiger partial charge in [0.15, 0.2) is 9.84 Å². The zero-order chi connectivity index (χ0) is 14.0. The molecule has 2 nitrogen and oxygen atoms in total. The Balaban J connectivity index is 1.94. The molecule has 0 aromatic heterocycles. The van der Waals surface area contributed by atoms with E-state index in [2.05, 4.69) is 12.1 Å². The highest BCUT2D eigenvalue weighted by Crippen LogP contribution is 2.28. The Bertz CT molecular complexity index is 744. The van der Waals surface area contributed by atoms with Crippen LogP contribution in [-0.2, 0) is 16.3 Å². The van der Waals surface area contributed by atoms with E-state index in [0.29, 0.717) is 4.90 Å². The second-order valence-corrected chi connectivity index (χ2v) is 6.99. The van der Waals surface area contributed by atoms with E-state index >= 15 is 0 Å². The Labute approximate surface area is 119 Å². The Morgan fingerprint density at radius 3 is 2.40 bits per heavy atom. The first-order valence-corrected chi connectivity index (χ1v) is 8.37. The highest BCUT2D eigenvalue weighted by molar-refractivity contribution is 7.91. The number of rotatable bonds is 3. The Kier molecular flexibility index (Phi) is 3.45. The van der Waals surface area contributed by atoms with Gasteiger partial charge in [-0.1, -0.05) is 48.5 Å². The van der Waals surface area contributed by atoms with E-state index in [0.717, 1.165) is 24.0 Å². The van der Waals surface area contributed by atoms with Crippen molar-refractivity contribution >= 4 is 15.4 Å². The Hall–Kier alpha value is -1.87. The van der Waals surface area contributed by atoms with Gasteiger partial charge in [-0.15, -0.1) is 0 Å². The van der Waals surface area contributed by atoms with Crippen molar-refractivity contribution in [3.63, 3.8) is 0 Å². The van der Waals surface area contributed by atoms with E-state index < -0.39 is 9.84 Å². The zero-order valence-corrected chi connectivity index (χ0v) is 11.9. The van der Waals surface area contributed by atoms with Crippen molar-refractivity contribution in [2.45, 2.75) is 17.7 Å². The van der Waals surface area contributed by atoms with Gasteiger partial charge in [0.1, 0.15) is 0 Å². The molecule has 0 saturated carbocycles.